The van der Waals surface area contributed by atoms with Crippen molar-refractivity contribution in [1.29, 1.82) is 0 Å². The zero-order valence-corrected chi connectivity index (χ0v) is 11.2. The van der Waals surface area contributed by atoms with Gasteiger partial charge in [-0.1, -0.05) is 18.2 Å². The molecule has 0 aromatic heterocycles. The summed E-state index contributed by atoms with van der Waals surface area (Å²) in [4.78, 5) is 1.44. The first-order valence-electron chi connectivity index (χ1n) is 6.73. The second-order valence-corrected chi connectivity index (χ2v) is 5.18. The van der Waals surface area contributed by atoms with Gasteiger partial charge in [0.05, 0.1) is 6.54 Å². The van der Waals surface area contributed by atoms with E-state index in [9.17, 15) is 18.3 Å². The van der Waals surface area contributed by atoms with Crippen molar-refractivity contribution in [3.05, 3.63) is 29.8 Å². The first kappa shape index (κ1) is 15.1. The maximum atomic E-state index is 12.3. The lowest BCUT2D eigenvalue weighted by Crippen LogP contribution is -2.45. The highest BCUT2D eigenvalue weighted by Gasteiger charge is 2.32. The van der Waals surface area contributed by atoms with Crippen molar-refractivity contribution in [1.82, 2.24) is 10.2 Å². The van der Waals surface area contributed by atoms with Crippen LogP contribution in [0.15, 0.2) is 24.3 Å². The molecule has 1 heterocycles. The van der Waals surface area contributed by atoms with E-state index < -0.39 is 12.7 Å². The summed E-state index contributed by atoms with van der Waals surface area (Å²) in [5, 5.41) is 12.9. The number of rotatable bonds is 4. The number of nitrogens with zero attached hydrogens (tertiary/aromatic N) is 1. The van der Waals surface area contributed by atoms with E-state index in [0.29, 0.717) is 32.5 Å². The molecule has 112 valence electrons. The van der Waals surface area contributed by atoms with Crippen LogP contribution in [0.1, 0.15) is 18.4 Å². The Morgan fingerprint density at radius 3 is 2.45 bits per heavy atom. The van der Waals surface area contributed by atoms with Gasteiger partial charge in [-0.3, -0.25) is 4.90 Å². The molecule has 0 spiro atoms. The molecular weight excluding hydrogens is 269 g/mol. The molecule has 0 atom stereocenters. The quantitative estimate of drug-likeness (QED) is 0.893. The third kappa shape index (κ3) is 4.68. The molecule has 0 unspecified atom stereocenters. The van der Waals surface area contributed by atoms with Crippen molar-refractivity contribution >= 4 is 0 Å². The molecule has 3 nitrogen and oxygen atoms in total. The van der Waals surface area contributed by atoms with Crippen molar-refractivity contribution in [2.75, 3.05) is 19.6 Å². The average Bonchev–Trinajstić information content (AvgIpc) is 2.38. The Hall–Kier alpha value is -1.27. The largest absolute Gasteiger partial charge is 0.508 e. The number of hydrogen-bond acceptors (Lipinski definition) is 3. The predicted octanol–water partition coefficient (Wildman–Crippen LogP) is 2.51. The molecule has 1 fully saturated rings. The molecule has 20 heavy (non-hydrogen) atoms. The van der Waals surface area contributed by atoms with Crippen LogP contribution in [-0.2, 0) is 6.54 Å². The van der Waals surface area contributed by atoms with Gasteiger partial charge in [-0.2, -0.15) is 13.2 Å². The van der Waals surface area contributed by atoms with Crippen LogP contribution in [0.4, 0.5) is 13.2 Å². The number of likely N-dealkylation sites (tertiary alicyclic amines) is 1. The number of phenols is 1. The van der Waals surface area contributed by atoms with Crippen LogP contribution in [-0.4, -0.2) is 41.9 Å². The van der Waals surface area contributed by atoms with E-state index in [4.69, 9.17) is 0 Å². The molecule has 1 aliphatic heterocycles. The monoisotopic (exact) mass is 288 g/mol. The van der Waals surface area contributed by atoms with Gasteiger partial charge >= 0.3 is 6.18 Å². The normalized spacial score (nSPS) is 18.4. The Bertz CT molecular complexity index is 429. The average molecular weight is 288 g/mol. The Kier molecular flexibility index (Phi) is 4.88. The van der Waals surface area contributed by atoms with E-state index in [1.54, 1.807) is 12.1 Å². The number of nitrogens with one attached hydrogen (secondary N) is 1. The summed E-state index contributed by atoms with van der Waals surface area (Å²) in [6.45, 7) is 0.631. The molecular formula is C14H19F3N2O. The van der Waals surface area contributed by atoms with Gasteiger partial charge in [0, 0.05) is 18.2 Å². The molecule has 0 amide bonds. The lowest BCUT2D eigenvalue weighted by Gasteiger charge is -2.32. The first-order valence-corrected chi connectivity index (χ1v) is 6.73. The van der Waals surface area contributed by atoms with Gasteiger partial charge in [-0.25, -0.2) is 0 Å². The van der Waals surface area contributed by atoms with Crippen molar-refractivity contribution in [3.8, 4) is 5.75 Å². The molecule has 0 saturated carbocycles. The number of benzene rings is 1. The van der Waals surface area contributed by atoms with Gasteiger partial charge in [0.2, 0.25) is 0 Å². The van der Waals surface area contributed by atoms with Crippen LogP contribution < -0.4 is 5.32 Å². The maximum Gasteiger partial charge on any atom is 0.401 e. The number of hydrogen-bond donors (Lipinski definition) is 2. The molecule has 1 aromatic rings. The van der Waals surface area contributed by atoms with Crippen LogP contribution in [0.3, 0.4) is 0 Å². The van der Waals surface area contributed by atoms with Gasteiger partial charge in [0.25, 0.3) is 0 Å². The van der Waals surface area contributed by atoms with Gasteiger partial charge in [0.15, 0.2) is 0 Å². The van der Waals surface area contributed by atoms with Crippen molar-refractivity contribution in [2.45, 2.75) is 31.6 Å². The molecule has 1 saturated heterocycles. The topological polar surface area (TPSA) is 35.5 Å². The summed E-state index contributed by atoms with van der Waals surface area (Å²) >= 11 is 0. The lowest BCUT2D eigenvalue weighted by atomic mass is 10.0. The smallest absolute Gasteiger partial charge is 0.401 e. The summed E-state index contributed by atoms with van der Waals surface area (Å²) in [5.41, 5.74) is 0.810. The summed E-state index contributed by atoms with van der Waals surface area (Å²) in [6, 6.07) is 7.28. The minimum atomic E-state index is -4.11. The van der Waals surface area contributed by atoms with Crippen LogP contribution in [0.5, 0.6) is 5.75 Å². The molecule has 0 bridgehead atoms. The third-order valence-corrected chi connectivity index (χ3v) is 3.56. The molecule has 1 aromatic carbocycles. The predicted molar refractivity (Wildman–Crippen MR) is 70.5 cm³/mol. The third-order valence-electron chi connectivity index (χ3n) is 3.56. The zero-order chi connectivity index (χ0) is 14.6. The number of para-hydroxylation sites is 1. The molecule has 1 aliphatic rings. The van der Waals surface area contributed by atoms with E-state index in [-0.39, 0.29) is 11.8 Å². The fourth-order valence-corrected chi connectivity index (χ4v) is 2.46. The van der Waals surface area contributed by atoms with E-state index >= 15 is 0 Å². The molecule has 6 heteroatoms. The minimum Gasteiger partial charge on any atom is -0.508 e. The zero-order valence-electron chi connectivity index (χ0n) is 11.2. The van der Waals surface area contributed by atoms with Gasteiger partial charge in [0.1, 0.15) is 5.75 Å². The highest BCUT2D eigenvalue weighted by atomic mass is 19.4. The second-order valence-electron chi connectivity index (χ2n) is 5.18. The van der Waals surface area contributed by atoms with E-state index in [1.165, 1.54) is 4.90 Å². The molecule has 2 N–H and O–H groups in total. The first-order chi connectivity index (χ1) is 9.44. The highest BCUT2D eigenvalue weighted by molar-refractivity contribution is 5.31. The Balaban J connectivity index is 1.74. The second kappa shape index (κ2) is 6.45. The number of phenolic OH excluding ortho intramolecular Hbond substituents is 1. The summed E-state index contributed by atoms with van der Waals surface area (Å²) < 4.78 is 36.8. The van der Waals surface area contributed by atoms with Crippen molar-refractivity contribution in [3.63, 3.8) is 0 Å². The van der Waals surface area contributed by atoms with Gasteiger partial charge in [-0.15, -0.1) is 0 Å². The standard InChI is InChI=1S/C14H19F3N2O/c15-14(16,17)10-19-7-5-12(6-8-19)18-9-11-3-1-2-4-13(11)20/h1-4,12,18,20H,5-10H2. The van der Waals surface area contributed by atoms with Crippen LogP contribution in [0, 0.1) is 0 Å². The van der Waals surface area contributed by atoms with E-state index in [2.05, 4.69) is 5.32 Å². The maximum absolute atomic E-state index is 12.3. The van der Waals surface area contributed by atoms with E-state index in [1.807, 2.05) is 12.1 Å². The number of aromatic hydroxyl groups is 1. The number of piperidine rings is 1. The summed E-state index contributed by atoms with van der Waals surface area (Å²) in [6.07, 6.45) is -2.72. The Morgan fingerprint density at radius 2 is 1.85 bits per heavy atom. The van der Waals surface area contributed by atoms with Gasteiger partial charge < -0.3 is 10.4 Å². The van der Waals surface area contributed by atoms with Crippen LogP contribution in [0.25, 0.3) is 0 Å². The summed E-state index contributed by atoms with van der Waals surface area (Å²) in [7, 11) is 0. The highest BCUT2D eigenvalue weighted by Crippen LogP contribution is 2.20. The molecule has 0 aliphatic carbocycles. The molecule has 2 rings (SSSR count). The Labute approximate surface area is 116 Å². The fraction of sp³-hybridized carbons (Fsp3) is 0.571. The Morgan fingerprint density at radius 1 is 1.20 bits per heavy atom. The molecule has 0 radical (unpaired) electrons. The van der Waals surface area contributed by atoms with Crippen LogP contribution >= 0.6 is 0 Å². The fourth-order valence-electron chi connectivity index (χ4n) is 2.46. The van der Waals surface area contributed by atoms with Crippen molar-refractivity contribution < 1.29 is 18.3 Å². The minimum absolute atomic E-state index is 0.207. The number of alkyl halides is 3. The van der Waals surface area contributed by atoms with Crippen LogP contribution in [0.2, 0.25) is 0 Å². The van der Waals surface area contributed by atoms with E-state index in [0.717, 1.165) is 5.56 Å². The van der Waals surface area contributed by atoms with Crippen molar-refractivity contribution in [2.24, 2.45) is 0 Å². The summed E-state index contributed by atoms with van der Waals surface area (Å²) in [5.74, 6) is 0.245. The lowest BCUT2D eigenvalue weighted by molar-refractivity contribution is -0.148. The van der Waals surface area contributed by atoms with Gasteiger partial charge in [-0.05, 0) is 32.0 Å². The number of halogens is 3. The SMILES string of the molecule is Oc1ccccc1CNC1CCN(CC(F)(F)F)CC1.